The van der Waals surface area contributed by atoms with Crippen molar-refractivity contribution in [1.82, 2.24) is 4.98 Å². The van der Waals surface area contributed by atoms with Crippen LogP contribution in [0.2, 0.25) is 0 Å². The fourth-order valence-corrected chi connectivity index (χ4v) is 2.18. The average Bonchev–Trinajstić information content (AvgIpc) is 2.38. The summed E-state index contributed by atoms with van der Waals surface area (Å²) in [5.41, 5.74) is 2.16. The van der Waals surface area contributed by atoms with Gasteiger partial charge in [-0.25, -0.2) is 0 Å². The molecule has 0 aliphatic carbocycles. The smallest absolute Gasteiger partial charge is 0.132 e. The quantitative estimate of drug-likeness (QED) is 0.790. The number of hydrogen-bond donors (Lipinski definition) is 1. The van der Waals surface area contributed by atoms with Crippen molar-refractivity contribution in [2.24, 2.45) is 0 Å². The molecule has 1 aliphatic rings. The Hall–Kier alpha value is -1.61. The van der Waals surface area contributed by atoms with Crippen molar-refractivity contribution in [3.63, 3.8) is 0 Å². The maximum Gasteiger partial charge on any atom is 0.132 e. The highest BCUT2D eigenvalue weighted by atomic mass is 16.5. The van der Waals surface area contributed by atoms with Gasteiger partial charge in [-0.2, -0.15) is 0 Å². The molecule has 0 spiro atoms. The van der Waals surface area contributed by atoms with Crippen LogP contribution in [0.15, 0.2) is 30.5 Å². The Balaban J connectivity index is 2.17. The van der Waals surface area contributed by atoms with Crippen LogP contribution in [0, 0.1) is 0 Å². The molecule has 0 saturated carbocycles. The lowest BCUT2D eigenvalue weighted by Crippen LogP contribution is -2.26. The molecule has 2 heterocycles. The molecular formula is C13H13NO2. The molecule has 3 rings (SSSR count). The van der Waals surface area contributed by atoms with E-state index in [9.17, 15) is 0 Å². The highest BCUT2D eigenvalue weighted by molar-refractivity contribution is 5.86. The molecule has 1 aromatic heterocycles. The molecule has 1 aliphatic heterocycles. The van der Waals surface area contributed by atoms with Crippen LogP contribution in [0.1, 0.15) is 12.0 Å². The summed E-state index contributed by atoms with van der Waals surface area (Å²) in [5, 5.41) is 10.2. The third-order valence-electron chi connectivity index (χ3n) is 3.04. The molecular weight excluding hydrogens is 202 g/mol. The zero-order valence-corrected chi connectivity index (χ0v) is 8.89. The minimum atomic E-state index is -0.0710. The summed E-state index contributed by atoms with van der Waals surface area (Å²) in [4.78, 5) is 4.30. The van der Waals surface area contributed by atoms with Crippen LogP contribution in [0.4, 0.5) is 0 Å². The Morgan fingerprint density at radius 2 is 2.31 bits per heavy atom. The molecule has 0 unspecified atom stereocenters. The lowest BCUT2D eigenvalue weighted by molar-refractivity contribution is 0.0994. The molecule has 3 heteroatoms. The monoisotopic (exact) mass is 215 g/mol. The van der Waals surface area contributed by atoms with Gasteiger partial charge in [0.15, 0.2) is 0 Å². The topological polar surface area (TPSA) is 42.4 Å². The van der Waals surface area contributed by atoms with Gasteiger partial charge in [0.1, 0.15) is 11.9 Å². The highest BCUT2D eigenvalue weighted by Gasteiger charge is 2.20. The Morgan fingerprint density at radius 3 is 3.19 bits per heavy atom. The molecule has 0 bridgehead atoms. The van der Waals surface area contributed by atoms with Crippen LogP contribution in [0.3, 0.4) is 0 Å². The number of aliphatic hydroxyl groups excluding tert-OH is 1. The summed E-state index contributed by atoms with van der Waals surface area (Å²) in [5.74, 6) is 0.899. The Bertz CT molecular complexity index is 524. The summed E-state index contributed by atoms with van der Waals surface area (Å²) in [6.07, 6.45) is 3.56. The lowest BCUT2D eigenvalue weighted by atomic mass is 10.00. The first kappa shape index (κ1) is 9.60. The molecule has 2 aromatic rings. The second-order valence-electron chi connectivity index (χ2n) is 4.09. The van der Waals surface area contributed by atoms with Gasteiger partial charge >= 0.3 is 0 Å². The average molecular weight is 215 g/mol. The number of pyridine rings is 1. The van der Waals surface area contributed by atoms with Crippen molar-refractivity contribution in [2.45, 2.75) is 18.9 Å². The maximum absolute atomic E-state index is 9.15. The number of ether oxygens (including phenoxy) is 1. The van der Waals surface area contributed by atoms with E-state index in [1.807, 2.05) is 18.2 Å². The van der Waals surface area contributed by atoms with Crippen LogP contribution < -0.4 is 4.74 Å². The van der Waals surface area contributed by atoms with Crippen molar-refractivity contribution < 1.29 is 9.84 Å². The van der Waals surface area contributed by atoms with Crippen LogP contribution >= 0.6 is 0 Å². The van der Waals surface area contributed by atoms with E-state index in [1.165, 1.54) is 5.56 Å². The summed E-state index contributed by atoms with van der Waals surface area (Å²) in [6, 6.07) is 8.02. The fourth-order valence-electron chi connectivity index (χ4n) is 2.18. The van der Waals surface area contributed by atoms with Crippen LogP contribution in [-0.2, 0) is 6.42 Å². The van der Waals surface area contributed by atoms with Gasteiger partial charge in [0.2, 0.25) is 0 Å². The molecule has 0 saturated heterocycles. The molecule has 1 atom stereocenters. The highest BCUT2D eigenvalue weighted by Crippen LogP contribution is 2.34. The summed E-state index contributed by atoms with van der Waals surface area (Å²) >= 11 is 0. The largest absolute Gasteiger partial charge is 0.487 e. The predicted octanol–water partition coefficient (Wildman–Crippen LogP) is 1.92. The third kappa shape index (κ3) is 1.44. The lowest BCUT2D eigenvalue weighted by Gasteiger charge is -2.25. The van der Waals surface area contributed by atoms with E-state index in [0.717, 1.165) is 29.5 Å². The van der Waals surface area contributed by atoms with Crippen molar-refractivity contribution in [3.8, 4) is 5.75 Å². The molecule has 3 nitrogen and oxygen atoms in total. The van der Waals surface area contributed by atoms with Gasteiger partial charge in [0.25, 0.3) is 0 Å². The number of hydrogen-bond acceptors (Lipinski definition) is 3. The van der Waals surface area contributed by atoms with Crippen molar-refractivity contribution >= 4 is 10.9 Å². The van der Waals surface area contributed by atoms with Gasteiger partial charge in [-0.1, -0.05) is 6.07 Å². The Kier molecular flexibility index (Phi) is 2.26. The number of rotatable bonds is 1. The van der Waals surface area contributed by atoms with E-state index >= 15 is 0 Å². The normalized spacial score (nSPS) is 19.2. The second kappa shape index (κ2) is 3.76. The molecule has 16 heavy (non-hydrogen) atoms. The zero-order chi connectivity index (χ0) is 11.0. The second-order valence-corrected chi connectivity index (χ2v) is 4.09. The van der Waals surface area contributed by atoms with E-state index in [0.29, 0.717) is 0 Å². The first-order chi connectivity index (χ1) is 7.88. The number of nitrogens with zero attached hydrogens (tertiary/aromatic N) is 1. The van der Waals surface area contributed by atoms with Gasteiger partial charge in [-0.3, -0.25) is 4.98 Å². The molecule has 0 amide bonds. The van der Waals surface area contributed by atoms with E-state index in [2.05, 4.69) is 11.1 Å². The number of aryl methyl sites for hydroxylation is 1. The Morgan fingerprint density at radius 1 is 1.38 bits per heavy atom. The van der Waals surface area contributed by atoms with Gasteiger partial charge in [0, 0.05) is 11.6 Å². The summed E-state index contributed by atoms with van der Waals surface area (Å²) < 4.78 is 5.80. The molecule has 0 radical (unpaired) electrons. The summed E-state index contributed by atoms with van der Waals surface area (Å²) in [7, 11) is 0. The summed E-state index contributed by atoms with van der Waals surface area (Å²) in [6.45, 7) is 0.0795. The van der Waals surface area contributed by atoms with E-state index in [-0.39, 0.29) is 12.7 Å². The van der Waals surface area contributed by atoms with E-state index in [1.54, 1.807) is 6.20 Å². The van der Waals surface area contributed by atoms with Gasteiger partial charge in [-0.05, 0) is 36.6 Å². The molecule has 1 N–H and O–H groups in total. The minimum absolute atomic E-state index is 0.0710. The van der Waals surface area contributed by atoms with Crippen molar-refractivity contribution in [2.75, 3.05) is 6.61 Å². The number of benzene rings is 1. The van der Waals surface area contributed by atoms with Crippen LogP contribution in [-0.4, -0.2) is 22.8 Å². The number of aromatic nitrogens is 1. The molecule has 1 aromatic carbocycles. The van der Waals surface area contributed by atoms with E-state index in [4.69, 9.17) is 9.84 Å². The minimum Gasteiger partial charge on any atom is -0.487 e. The van der Waals surface area contributed by atoms with Crippen molar-refractivity contribution in [3.05, 3.63) is 36.0 Å². The Labute approximate surface area is 93.7 Å². The first-order valence-electron chi connectivity index (χ1n) is 5.52. The van der Waals surface area contributed by atoms with Crippen LogP contribution in [0.5, 0.6) is 5.75 Å². The van der Waals surface area contributed by atoms with Gasteiger partial charge in [0.05, 0.1) is 12.1 Å². The van der Waals surface area contributed by atoms with Gasteiger partial charge < -0.3 is 9.84 Å². The van der Waals surface area contributed by atoms with Crippen LogP contribution in [0.25, 0.3) is 10.9 Å². The number of fused-ring (bicyclic) bond motifs is 3. The molecule has 0 fully saturated rings. The van der Waals surface area contributed by atoms with Crippen molar-refractivity contribution in [1.29, 1.82) is 0 Å². The van der Waals surface area contributed by atoms with Gasteiger partial charge in [-0.15, -0.1) is 0 Å². The van der Waals surface area contributed by atoms with E-state index < -0.39 is 0 Å². The third-order valence-corrected chi connectivity index (χ3v) is 3.04. The predicted molar refractivity (Wildman–Crippen MR) is 61.6 cm³/mol. The molecule has 82 valence electrons. The zero-order valence-electron chi connectivity index (χ0n) is 8.89. The first-order valence-corrected chi connectivity index (χ1v) is 5.52. The fraction of sp³-hybridized carbons (Fsp3) is 0.308. The maximum atomic E-state index is 9.15. The SMILES string of the molecule is OC[C@@H]1CCc2ccc3ncccc3c2O1. The number of aliphatic hydroxyl groups is 1. The standard InChI is InChI=1S/C13H13NO2/c15-8-10-5-3-9-4-6-12-11(13(9)16-10)2-1-7-14-12/h1-2,4,6-7,10,15H,3,5,8H2/t10-/m0/s1.